The average molecular weight is 578 g/mol. The second-order valence-corrected chi connectivity index (χ2v) is 10.8. The van der Waals surface area contributed by atoms with E-state index in [1.54, 1.807) is 42.3 Å². The van der Waals surface area contributed by atoms with E-state index in [9.17, 15) is 18.8 Å². The Morgan fingerprint density at radius 3 is 2.49 bits per heavy atom. The van der Waals surface area contributed by atoms with E-state index in [2.05, 4.69) is 15.0 Å². The molecule has 43 heavy (non-hydrogen) atoms. The Bertz CT molecular complexity index is 1980. The molecule has 1 aliphatic rings. The van der Waals surface area contributed by atoms with Gasteiger partial charge in [-0.25, -0.2) is 19.2 Å². The zero-order valence-electron chi connectivity index (χ0n) is 23.5. The molecule has 3 aromatic heterocycles. The number of benzene rings is 2. The maximum Gasteiger partial charge on any atom is 0.333 e. The van der Waals surface area contributed by atoms with Gasteiger partial charge in [0.05, 0.1) is 13.0 Å². The van der Waals surface area contributed by atoms with Crippen molar-refractivity contribution < 1.29 is 9.18 Å². The number of nitrogens with one attached hydrogen (secondary N) is 1. The maximum atomic E-state index is 14.4. The number of amides is 1. The van der Waals surface area contributed by atoms with Crippen LogP contribution in [0.25, 0.3) is 11.2 Å². The first-order valence-corrected chi connectivity index (χ1v) is 14.0. The molecule has 0 aliphatic heterocycles. The first kappa shape index (κ1) is 27.8. The number of nitrogens with zero attached hydrogens (tertiary/aromatic N) is 6. The number of hydrogen-bond donors (Lipinski definition) is 1. The minimum Gasteiger partial charge on any atom is -0.336 e. The molecule has 5 aromatic rings. The predicted molar refractivity (Wildman–Crippen MR) is 158 cm³/mol. The van der Waals surface area contributed by atoms with Gasteiger partial charge in [-0.3, -0.25) is 18.7 Å². The van der Waals surface area contributed by atoms with Crippen LogP contribution in [0, 0.1) is 23.1 Å². The van der Waals surface area contributed by atoms with E-state index < -0.39 is 17.1 Å². The molecule has 3 heterocycles. The molecular formula is C32H28FN7O3. The largest absolute Gasteiger partial charge is 0.336 e. The molecule has 10 nitrogen and oxygen atoms in total. The Morgan fingerprint density at radius 1 is 1.07 bits per heavy atom. The lowest BCUT2D eigenvalue weighted by Crippen LogP contribution is -2.40. The first-order chi connectivity index (χ1) is 20.8. The number of likely N-dealkylation sites (N-methyl/N-ethyl adjacent to an activating group) is 1. The summed E-state index contributed by atoms with van der Waals surface area (Å²) < 4.78 is 17.0. The van der Waals surface area contributed by atoms with E-state index >= 15 is 0 Å². The molecule has 0 atom stereocenters. The monoisotopic (exact) mass is 577 g/mol. The lowest BCUT2D eigenvalue weighted by Gasteiger charge is -2.17. The second kappa shape index (κ2) is 11.5. The third-order valence-corrected chi connectivity index (χ3v) is 7.70. The summed E-state index contributed by atoms with van der Waals surface area (Å²) in [5, 5.41) is 8.90. The smallest absolute Gasteiger partial charge is 0.333 e. The van der Waals surface area contributed by atoms with Crippen molar-refractivity contribution in [2.45, 2.75) is 38.8 Å². The lowest BCUT2D eigenvalue weighted by atomic mass is 10.1. The summed E-state index contributed by atoms with van der Waals surface area (Å²) in [5.41, 5.74) is 2.34. The van der Waals surface area contributed by atoms with Crippen LogP contribution in [0.1, 0.15) is 41.1 Å². The Balaban J connectivity index is 1.24. The molecule has 0 radical (unpaired) electrons. The molecule has 0 saturated heterocycles. The van der Waals surface area contributed by atoms with E-state index in [1.165, 1.54) is 16.8 Å². The van der Waals surface area contributed by atoms with Crippen LogP contribution in [0.4, 0.5) is 10.1 Å². The number of fused-ring (bicyclic) bond motifs is 1. The molecule has 1 saturated carbocycles. The van der Waals surface area contributed by atoms with Crippen molar-refractivity contribution in [1.29, 1.82) is 5.26 Å². The van der Waals surface area contributed by atoms with Gasteiger partial charge in [-0.05, 0) is 54.2 Å². The fraction of sp³-hybridized carbons (Fsp3) is 0.250. The van der Waals surface area contributed by atoms with Crippen molar-refractivity contribution in [3.05, 3.63) is 122 Å². The molecule has 1 amide bonds. The van der Waals surface area contributed by atoms with Gasteiger partial charge in [-0.2, -0.15) is 5.26 Å². The summed E-state index contributed by atoms with van der Waals surface area (Å²) in [5.74, 6) is 0.262. The first-order valence-electron chi connectivity index (χ1n) is 14.0. The van der Waals surface area contributed by atoms with E-state index in [0.29, 0.717) is 47.3 Å². The van der Waals surface area contributed by atoms with Crippen molar-refractivity contribution in [3.63, 3.8) is 0 Å². The van der Waals surface area contributed by atoms with Crippen molar-refractivity contribution >= 4 is 22.8 Å². The van der Waals surface area contributed by atoms with Crippen LogP contribution in [-0.2, 0) is 30.7 Å². The van der Waals surface area contributed by atoms with Crippen molar-refractivity contribution in [1.82, 2.24) is 24.1 Å². The third-order valence-electron chi connectivity index (χ3n) is 7.70. The van der Waals surface area contributed by atoms with Crippen LogP contribution in [0.5, 0.6) is 0 Å². The van der Waals surface area contributed by atoms with Gasteiger partial charge in [-0.15, -0.1) is 0 Å². The highest BCUT2D eigenvalue weighted by Crippen LogP contribution is 2.30. The summed E-state index contributed by atoms with van der Waals surface area (Å²) in [7, 11) is 1.69. The molecule has 216 valence electrons. The van der Waals surface area contributed by atoms with E-state index in [1.807, 2.05) is 30.3 Å². The Hall–Kier alpha value is -5.37. The Morgan fingerprint density at radius 2 is 1.81 bits per heavy atom. The Kier molecular flexibility index (Phi) is 7.42. The number of aromatic nitrogens is 5. The average Bonchev–Trinajstić information content (AvgIpc) is 3.75. The fourth-order valence-electron chi connectivity index (χ4n) is 5.02. The summed E-state index contributed by atoms with van der Waals surface area (Å²) in [6, 6.07) is 18.8. The van der Waals surface area contributed by atoms with Gasteiger partial charge in [0, 0.05) is 37.5 Å². The number of imidazole rings is 1. The van der Waals surface area contributed by atoms with Crippen LogP contribution < -0.4 is 16.1 Å². The number of aromatic amines is 1. The fourth-order valence-corrected chi connectivity index (χ4v) is 5.02. The number of carbonyl (C=O) groups is 1. The maximum absolute atomic E-state index is 14.4. The number of hydrogen-bond acceptors (Lipinski definition) is 6. The summed E-state index contributed by atoms with van der Waals surface area (Å²) >= 11 is 0. The SMILES string of the molecule is CN(C(=O)Cc1ccc(C#N)nc1)c1ccc(Cc2nc3c([nH]2)c(=O)n(Cc2ccccc2F)c(=O)n3CC2CC2)cc1. The standard InChI is InChI=1S/C32H28FN7O3/c1-38(28(41)15-22-8-11-24(16-34)35-17-22)25-12-9-20(10-13-25)14-27-36-29-30(37-27)39(18-21-6-7-21)32(43)40(31(29)42)19-23-4-2-3-5-26(23)33/h2-5,8-13,17,21H,6-7,14-15,18-19H2,1H3,(H,36,37). The topological polar surface area (TPSA) is 130 Å². The van der Waals surface area contributed by atoms with Gasteiger partial charge in [0.2, 0.25) is 5.91 Å². The zero-order valence-corrected chi connectivity index (χ0v) is 23.5. The number of nitriles is 1. The molecule has 2 aromatic carbocycles. The van der Waals surface area contributed by atoms with Crippen LogP contribution in [0.15, 0.2) is 76.4 Å². The number of H-pyrrole nitrogens is 1. The second-order valence-electron chi connectivity index (χ2n) is 10.8. The van der Waals surface area contributed by atoms with Gasteiger partial charge in [0.1, 0.15) is 28.9 Å². The number of anilines is 1. The number of halogens is 1. The van der Waals surface area contributed by atoms with E-state index in [-0.39, 0.29) is 30.0 Å². The zero-order chi connectivity index (χ0) is 30.1. The van der Waals surface area contributed by atoms with Crippen LogP contribution in [-0.4, -0.2) is 37.0 Å². The molecule has 0 bridgehead atoms. The van der Waals surface area contributed by atoms with Crippen LogP contribution in [0.3, 0.4) is 0 Å². The molecular weight excluding hydrogens is 549 g/mol. The highest BCUT2D eigenvalue weighted by Gasteiger charge is 2.26. The van der Waals surface area contributed by atoms with Gasteiger partial charge in [-0.1, -0.05) is 36.4 Å². The predicted octanol–water partition coefficient (Wildman–Crippen LogP) is 3.55. The van der Waals surface area contributed by atoms with Gasteiger partial charge in [0.15, 0.2) is 5.65 Å². The molecule has 1 aliphatic carbocycles. The quantitative estimate of drug-likeness (QED) is 0.285. The minimum atomic E-state index is -0.540. The lowest BCUT2D eigenvalue weighted by molar-refractivity contribution is -0.117. The summed E-state index contributed by atoms with van der Waals surface area (Å²) in [6.45, 7) is 0.277. The molecule has 0 unspecified atom stereocenters. The summed E-state index contributed by atoms with van der Waals surface area (Å²) in [4.78, 5) is 53.0. The normalized spacial score (nSPS) is 12.8. The van der Waals surface area contributed by atoms with Crippen molar-refractivity contribution in [2.75, 3.05) is 11.9 Å². The van der Waals surface area contributed by atoms with Crippen LogP contribution >= 0.6 is 0 Å². The van der Waals surface area contributed by atoms with E-state index in [4.69, 9.17) is 5.26 Å². The Labute approximate surface area is 245 Å². The third kappa shape index (κ3) is 5.85. The van der Waals surface area contributed by atoms with Gasteiger partial charge < -0.3 is 9.88 Å². The highest BCUT2D eigenvalue weighted by molar-refractivity contribution is 5.94. The van der Waals surface area contributed by atoms with Gasteiger partial charge in [0.25, 0.3) is 5.56 Å². The number of pyridine rings is 1. The van der Waals surface area contributed by atoms with Crippen molar-refractivity contribution in [3.8, 4) is 6.07 Å². The molecule has 0 spiro atoms. The molecule has 6 rings (SSSR count). The highest BCUT2D eigenvalue weighted by atomic mass is 19.1. The molecule has 1 fully saturated rings. The van der Waals surface area contributed by atoms with Gasteiger partial charge >= 0.3 is 5.69 Å². The number of rotatable bonds is 9. The van der Waals surface area contributed by atoms with Crippen molar-refractivity contribution in [2.24, 2.45) is 5.92 Å². The minimum absolute atomic E-state index is 0.128. The van der Waals surface area contributed by atoms with E-state index in [0.717, 1.165) is 23.0 Å². The summed E-state index contributed by atoms with van der Waals surface area (Å²) in [6.07, 6.45) is 4.05. The molecule has 11 heteroatoms. The number of carbonyl (C=O) groups excluding carboxylic acids is 1. The molecule has 1 N–H and O–H groups in total. The van der Waals surface area contributed by atoms with Crippen LogP contribution in [0.2, 0.25) is 0 Å².